The van der Waals surface area contributed by atoms with Crippen molar-refractivity contribution in [3.05, 3.63) is 30.1 Å². The van der Waals surface area contributed by atoms with Gasteiger partial charge in [-0.15, -0.1) is 0 Å². The van der Waals surface area contributed by atoms with Crippen LogP contribution in [0.4, 0.5) is 5.82 Å². The van der Waals surface area contributed by atoms with Crippen LogP contribution >= 0.6 is 0 Å². The maximum atomic E-state index is 5.15. The van der Waals surface area contributed by atoms with Crippen molar-refractivity contribution in [1.29, 1.82) is 0 Å². The van der Waals surface area contributed by atoms with E-state index in [0.29, 0.717) is 6.61 Å². The Morgan fingerprint density at radius 1 is 1.40 bits per heavy atom. The van der Waals surface area contributed by atoms with Crippen LogP contribution in [0.25, 0.3) is 5.65 Å². The number of pyridine rings is 1. The van der Waals surface area contributed by atoms with E-state index in [2.05, 4.69) is 34.8 Å². The van der Waals surface area contributed by atoms with Gasteiger partial charge in [-0.05, 0) is 25.1 Å². The molecular formula is C15H24N4O. The first-order chi connectivity index (χ1) is 9.77. The molecule has 20 heavy (non-hydrogen) atoms. The SMILES string of the molecule is CCCNCc1c(N(C)CCOC)nc2ccccn12. The van der Waals surface area contributed by atoms with Crippen molar-refractivity contribution in [3.8, 4) is 0 Å². The average Bonchev–Trinajstić information content (AvgIpc) is 2.84. The third-order valence-corrected chi connectivity index (χ3v) is 3.32. The molecule has 0 bridgehead atoms. The van der Waals surface area contributed by atoms with E-state index >= 15 is 0 Å². The highest BCUT2D eigenvalue weighted by molar-refractivity contribution is 5.55. The molecule has 0 aliphatic rings. The van der Waals surface area contributed by atoms with E-state index in [-0.39, 0.29) is 0 Å². The van der Waals surface area contributed by atoms with E-state index in [0.717, 1.165) is 37.5 Å². The summed E-state index contributed by atoms with van der Waals surface area (Å²) in [6.07, 6.45) is 3.20. The van der Waals surface area contributed by atoms with Crippen molar-refractivity contribution in [2.24, 2.45) is 0 Å². The number of likely N-dealkylation sites (N-methyl/N-ethyl adjacent to an activating group) is 1. The number of anilines is 1. The van der Waals surface area contributed by atoms with Gasteiger partial charge >= 0.3 is 0 Å². The van der Waals surface area contributed by atoms with Gasteiger partial charge in [0.1, 0.15) is 5.65 Å². The number of fused-ring (bicyclic) bond motifs is 1. The van der Waals surface area contributed by atoms with E-state index in [1.807, 2.05) is 18.2 Å². The number of methoxy groups -OCH3 is 1. The minimum Gasteiger partial charge on any atom is -0.383 e. The molecule has 0 unspecified atom stereocenters. The monoisotopic (exact) mass is 276 g/mol. The van der Waals surface area contributed by atoms with Gasteiger partial charge < -0.3 is 19.4 Å². The van der Waals surface area contributed by atoms with Gasteiger partial charge in [0.15, 0.2) is 5.82 Å². The van der Waals surface area contributed by atoms with Gasteiger partial charge in [0, 0.05) is 33.4 Å². The summed E-state index contributed by atoms with van der Waals surface area (Å²) in [5.74, 6) is 1.02. The summed E-state index contributed by atoms with van der Waals surface area (Å²) >= 11 is 0. The molecule has 0 saturated carbocycles. The van der Waals surface area contributed by atoms with Crippen LogP contribution in [0.5, 0.6) is 0 Å². The number of hydrogen-bond donors (Lipinski definition) is 1. The highest BCUT2D eigenvalue weighted by atomic mass is 16.5. The van der Waals surface area contributed by atoms with Gasteiger partial charge in [-0.2, -0.15) is 0 Å². The van der Waals surface area contributed by atoms with Crippen LogP contribution < -0.4 is 10.2 Å². The third-order valence-electron chi connectivity index (χ3n) is 3.32. The predicted molar refractivity (Wildman–Crippen MR) is 82.3 cm³/mol. The largest absolute Gasteiger partial charge is 0.383 e. The molecule has 0 aliphatic heterocycles. The first kappa shape index (κ1) is 14.8. The maximum Gasteiger partial charge on any atom is 0.152 e. The Balaban J connectivity index is 2.28. The van der Waals surface area contributed by atoms with Crippen LogP contribution in [0.3, 0.4) is 0 Å². The summed E-state index contributed by atoms with van der Waals surface area (Å²) in [5.41, 5.74) is 2.19. The summed E-state index contributed by atoms with van der Waals surface area (Å²) in [6.45, 7) is 5.55. The molecule has 2 aromatic heterocycles. The van der Waals surface area contributed by atoms with Gasteiger partial charge in [0.2, 0.25) is 0 Å². The number of ether oxygens (including phenoxy) is 1. The fourth-order valence-electron chi connectivity index (χ4n) is 2.22. The Morgan fingerprint density at radius 2 is 2.25 bits per heavy atom. The standard InChI is InChI=1S/C15H24N4O/c1-4-8-16-12-13-15(18(2)10-11-20-3)17-14-7-5-6-9-19(13)14/h5-7,9,16H,4,8,10-12H2,1-3H3. The zero-order chi connectivity index (χ0) is 14.4. The molecule has 0 aliphatic carbocycles. The zero-order valence-electron chi connectivity index (χ0n) is 12.6. The lowest BCUT2D eigenvalue weighted by Crippen LogP contribution is -2.25. The smallest absolute Gasteiger partial charge is 0.152 e. The van der Waals surface area contributed by atoms with E-state index in [4.69, 9.17) is 9.72 Å². The minimum atomic E-state index is 0.701. The first-order valence-corrected chi connectivity index (χ1v) is 7.14. The number of hydrogen-bond acceptors (Lipinski definition) is 4. The molecular weight excluding hydrogens is 252 g/mol. The molecule has 2 heterocycles. The Morgan fingerprint density at radius 3 is 3.00 bits per heavy atom. The minimum absolute atomic E-state index is 0.701. The summed E-state index contributed by atoms with van der Waals surface area (Å²) in [4.78, 5) is 6.89. The van der Waals surface area contributed by atoms with Gasteiger partial charge in [-0.1, -0.05) is 13.0 Å². The summed E-state index contributed by atoms with van der Waals surface area (Å²) in [7, 11) is 3.78. The molecule has 5 nitrogen and oxygen atoms in total. The van der Waals surface area contributed by atoms with Crippen LogP contribution in [0, 0.1) is 0 Å². The summed E-state index contributed by atoms with van der Waals surface area (Å²) in [5, 5.41) is 3.46. The fourth-order valence-corrected chi connectivity index (χ4v) is 2.22. The average molecular weight is 276 g/mol. The van der Waals surface area contributed by atoms with Crippen LogP contribution in [-0.2, 0) is 11.3 Å². The Labute approximate surface area is 120 Å². The molecule has 0 spiro atoms. The lowest BCUT2D eigenvalue weighted by molar-refractivity contribution is 0.206. The van der Waals surface area contributed by atoms with E-state index in [1.165, 1.54) is 5.69 Å². The maximum absolute atomic E-state index is 5.15. The molecule has 0 atom stereocenters. The van der Waals surface area contributed by atoms with Gasteiger partial charge in [-0.25, -0.2) is 4.98 Å². The molecule has 0 amide bonds. The number of nitrogens with one attached hydrogen (secondary N) is 1. The molecule has 2 rings (SSSR count). The summed E-state index contributed by atoms with van der Waals surface area (Å²) in [6, 6.07) is 6.10. The third kappa shape index (κ3) is 3.29. The number of imidazole rings is 1. The van der Waals surface area contributed by atoms with E-state index in [1.54, 1.807) is 7.11 Å². The summed E-state index contributed by atoms with van der Waals surface area (Å²) < 4.78 is 7.31. The molecule has 1 N–H and O–H groups in total. The molecule has 0 saturated heterocycles. The lowest BCUT2D eigenvalue weighted by atomic mass is 10.3. The molecule has 110 valence electrons. The predicted octanol–water partition coefficient (Wildman–Crippen LogP) is 1.92. The number of rotatable bonds is 8. The highest BCUT2D eigenvalue weighted by Gasteiger charge is 2.14. The van der Waals surface area contributed by atoms with Gasteiger partial charge in [-0.3, -0.25) is 0 Å². The van der Waals surface area contributed by atoms with Crippen LogP contribution in [0.2, 0.25) is 0 Å². The second kappa shape index (κ2) is 7.26. The molecule has 2 aromatic rings. The van der Waals surface area contributed by atoms with Gasteiger partial charge in [0.25, 0.3) is 0 Å². The second-order valence-electron chi connectivity index (χ2n) is 4.90. The van der Waals surface area contributed by atoms with E-state index in [9.17, 15) is 0 Å². The Kier molecular flexibility index (Phi) is 5.38. The zero-order valence-corrected chi connectivity index (χ0v) is 12.6. The van der Waals surface area contributed by atoms with Crippen molar-refractivity contribution in [2.45, 2.75) is 19.9 Å². The van der Waals surface area contributed by atoms with Crippen LogP contribution in [0.15, 0.2) is 24.4 Å². The molecule has 0 radical (unpaired) electrons. The van der Waals surface area contributed by atoms with Crippen molar-refractivity contribution < 1.29 is 4.74 Å². The topological polar surface area (TPSA) is 41.8 Å². The van der Waals surface area contributed by atoms with Crippen molar-refractivity contribution >= 4 is 11.5 Å². The normalized spacial score (nSPS) is 11.2. The van der Waals surface area contributed by atoms with E-state index < -0.39 is 0 Å². The fraction of sp³-hybridized carbons (Fsp3) is 0.533. The Hall–Kier alpha value is -1.59. The van der Waals surface area contributed by atoms with Crippen molar-refractivity contribution in [3.63, 3.8) is 0 Å². The molecule has 0 aromatic carbocycles. The number of nitrogens with zero attached hydrogens (tertiary/aromatic N) is 3. The van der Waals surface area contributed by atoms with Crippen molar-refractivity contribution in [1.82, 2.24) is 14.7 Å². The number of aromatic nitrogens is 2. The Bertz CT molecular complexity index is 538. The first-order valence-electron chi connectivity index (χ1n) is 7.14. The van der Waals surface area contributed by atoms with Crippen LogP contribution in [-0.4, -0.2) is 43.2 Å². The second-order valence-corrected chi connectivity index (χ2v) is 4.90. The lowest BCUT2D eigenvalue weighted by Gasteiger charge is -2.18. The van der Waals surface area contributed by atoms with Crippen LogP contribution in [0.1, 0.15) is 19.0 Å². The molecule has 0 fully saturated rings. The van der Waals surface area contributed by atoms with Crippen molar-refractivity contribution in [2.75, 3.05) is 38.8 Å². The highest BCUT2D eigenvalue weighted by Crippen LogP contribution is 2.20. The molecule has 5 heteroatoms. The van der Waals surface area contributed by atoms with Gasteiger partial charge in [0.05, 0.1) is 12.3 Å². The quantitative estimate of drug-likeness (QED) is 0.748.